The molecule has 10 nitrogen and oxygen atoms in total. The van der Waals surface area contributed by atoms with Crippen molar-refractivity contribution in [3.63, 3.8) is 0 Å². The number of rotatable bonds is 10. The minimum Gasteiger partial charge on any atom is -0.455 e. The Morgan fingerprint density at radius 1 is 0.195 bits per heavy atom. The van der Waals surface area contributed by atoms with Crippen LogP contribution in [0.3, 0.4) is 0 Å². The summed E-state index contributed by atoms with van der Waals surface area (Å²) in [5.74, 6) is 0. The van der Waals surface area contributed by atoms with Crippen molar-refractivity contribution in [2.24, 2.45) is 0 Å². The highest BCUT2D eigenvalue weighted by Gasteiger charge is 2.23. The zero-order chi connectivity index (χ0) is 84.5. The van der Waals surface area contributed by atoms with Crippen LogP contribution in [-0.2, 0) is 0 Å². The summed E-state index contributed by atoms with van der Waals surface area (Å²) < 4.78 is 8.90. The lowest BCUT2D eigenvalue weighted by molar-refractivity contribution is 0.670. The predicted molar refractivity (Wildman–Crippen MR) is 532 cm³/mol. The van der Waals surface area contributed by atoms with Crippen molar-refractivity contribution in [2.45, 2.75) is 0 Å². The molecule has 0 aliphatic rings. The molecule has 0 bridgehead atoms. The molecule has 26 rings (SSSR count). The van der Waals surface area contributed by atoms with Gasteiger partial charge in [-0.3, -0.25) is 9.97 Å². The molecule has 0 amide bonds. The normalized spacial score (nSPS) is 11.6. The number of hydrogen-bond donors (Lipinski definition) is 0. The van der Waals surface area contributed by atoms with E-state index in [0.29, 0.717) is 0 Å². The number of para-hydroxylation sites is 5. The largest absolute Gasteiger partial charge is 0.455 e. The van der Waals surface area contributed by atoms with Gasteiger partial charge in [-0.25, -0.2) is 34.9 Å². The number of pyridine rings is 9. The summed E-state index contributed by atoms with van der Waals surface area (Å²) in [6.45, 7) is 0. The van der Waals surface area contributed by atoms with Gasteiger partial charge in [0.25, 0.3) is 0 Å². The Bertz CT molecular complexity index is 8450. The predicted octanol–water partition coefficient (Wildman–Crippen LogP) is 30.9. The van der Waals surface area contributed by atoms with Crippen molar-refractivity contribution in [2.75, 3.05) is 0 Å². The lowest BCUT2D eigenvalue weighted by Gasteiger charge is -2.14. The van der Waals surface area contributed by atoms with Gasteiger partial charge in [-0.1, -0.05) is 315 Å². The molecule has 11 heteroatoms. The zero-order valence-electron chi connectivity index (χ0n) is 68.8. The zero-order valence-corrected chi connectivity index (χ0v) is 69.6. The molecule has 0 aliphatic heterocycles. The Kier molecular flexibility index (Phi) is 18.5. The van der Waals surface area contributed by atoms with E-state index in [1.54, 1.807) is 0 Å². The van der Waals surface area contributed by atoms with Crippen LogP contribution in [0.15, 0.2) is 436 Å². The van der Waals surface area contributed by atoms with E-state index >= 15 is 0 Å². The number of fused-ring (bicyclic) bond motifs is 18. The SMILES string of the molecule is c1ccc(-c2c3ccccc3nc3c2ccc2ccc(-c4cc(-c5ccc(-c6ccncc6)cc5)nc(-c5ccc(-c6ccncc6)cc5)c4)nc23)cc1.c1ccc(-c2c3ccccc3nc3c2ccc2ccc(-c4cccc5c4oc4ccccc45)nc23)cc1.c1ccc(-c2c3ccccc3nc3c2ccc2ccc(-c4cccc5c4sc4ccccc45)nc23)cc1. The van der Waals surface area contributed by atoms with Crippen molar-refractivity contribution in [3.05, 3.63) is 431 Å². The maximum absolute atomic E-state index is 6.32. The van der Waals surface area contributed by atoms with Crippen molar-refractivity contribution in [1.29, 1.82) is 0 Å². The lowest BCUT2D eigenvalue weighted by Crippen LogP contribution is -1.95. The summed E-state index contributed by atoms with van der Waals surface area (Å²) in [7, 11) is 0. The van der Waals surface area contributed by atoms with Crippen LogP contribution in [0.25, 0.3) is 252 Å². The molecule has 11 heterocycles. The second-order valence-corrected chi connectivity index (χ2v) is 33.2. The molecular weight excluding hydrogens is 1580 g/mol. The Balaban J connectivity index is 0.000000110. The number of aromatic nitrogens is 9. The van der Waals surface area contributed by atoms with E-state index < -0.39 is 0 Å². The maximum Gasteiger partial charge on any atom is 0.144 e. The Morgan fingerprint density at radius 3 is 1.03 bits per heavy atom. The van der Waals surface area contributed by atoms with Crippen LogP contribution in [0.2, 0.25) is 0 Å². The van der Waals surface area contributed by atoms with Gasteiger partial charge in [0.15, 0.2) is 0 Å². The minimum atomic E-state index is 0.859. The van der Waals surface area contributed by atoms with Gasteiger partial charge in [0.05, 0.1) is 78.1 Å². The van der Waals surface area contributed by atoms with E-state index in [4.69, 9.17) is 39.3 Å². The fourth-order valence-corrected chi connectivity index (χ4v) is 19.7. The van der Waals surface area contributed by atoms with Gasteiger partial charge in [-0.05, 0) is 130 Å². The van der Waals surface area contributed by atoms with Gasteiger partial charge >= 0.3 is 0 Å². The molecule has 15 aromatic carbocycles. The van der Waals surface area contributed by atoms with Gasteiger partial charge in [0.1, 0.15) is 11.2 Å². The third-order valence-electron chi connectivity index (χ3n) is 24.6. The highest BCUT2D eigenvalue weighted by atomic mass is 32.1. The number of benzene rings is 15. The summed E-state index contributed by atoms with van der Waals surface area (Å²) in [6, 6.07) is 142. The van der Waals surface area contributed by atoms with Crippen LogP contribution >= 0.6 is 11.3 Å². The molecule has 0 fully saturated rings. The smallest absolute Gasteiger partial charge is 0.144 e. The van der Waals surface area contributed by atoms with E-state index in [2.05, 4.69) is 362 Å². The van der Waals surface area contributed by atoms with E-state index in [1.165, 1.54) is 53.6 Å². The molecule has 0 atom stereocenters. The number of thiophene rings is 1. The summed E-state index contributed by atoms with van der Waals surface area (Å²) in [5, 5.41) is 14.7. The molecule has 26 aromatic rings. The van der Waals surface area contributed by atoms with Crippen molar-refractivity contribution in [3.8, 4) is 112 Å². The third-order valence-corrected chi connectivity index (χ3v) is 25.8. The summed E-state index contributed by atoms with van der Waals surface area (Å²) >= 11 is 1.84. The first-order valence-corrected chi connectivity index (χ1v) is 43.7. The second kappa shape index (κ2) is 31.7. The average Bonchev–Trinajstić information content (AvgIpc) is 0.789. The van der Waals surface area contributed by atoms with Crippen LogP contribution in [-0.4, -0.2) is 44.9 Å². The van der Waals surface area contributed by atoms with Crippen LogP contribution in [0.4, 0.5) is 0 Å². The molecule has 0 aliphatic carbocycles. The number of hydrogen-bond acceptors (Lipinski definition) is 11. The molecule has 0 radical (unpaired) electrons. The fraction of sp³-hybridized carbons (Fsp3) is 0. The van der Waals surface area contributed by atoms with Crippen LogP contribution in [0, 0.1) is 0 Å². The highest BCUT2D eigenvalue weighted by molar-refractivity contribution is 7.26. The molecule has 11 aromatic heterocycles. The standard InChI is InChI=1S/C49H31N5.C34H20N2O.C34H20N2S/c1-2-6-38(7-3-1)47-41-8-4-5-9-44(41)54-49-42(47)20-18-39-19-21-43(53-48(39)49)40-30-45(36-14-10-32(11-15-36)34-22-26-50-27-23-34)52-46(31-40)37-16-12-33(13-17-37)35-24-28-51-29-25-35;2*1-2-9-21(10-3-1)31-25-12-4-6-15-28(25)36-33-27(31)19-17-22-18-20-29(35-32(22)33)26-14-8-13-24-23-11-5-7-16-30(23)37-34(24)26/h1-31H;2*1-20H. The summed E-state index contributed by atoms with van der Waals surface area (Å²) in [6.07, 6.45) is 7.28. The fourth-order valence-electron chi connectivity index (χ4n) is 18.4. The van der Waals surface area contributed by atoms with Gasteiger partial charge < -0.3 is 4.42 Å². The van der Waals surface area contributed by atoms with Crippen LogP contribution in [0.1, 0.15) is 0 Å². The van der Waals surface area contributed by atoms with Crippen LogP contribution < -0.4 is 0 Å². The number of furan rings is 1. The topological polar surface area (TPSA) is 129 Å². The molecule has 0 N–H and O–H groups in total. The first-order chi connectivity index (χ1) is 63.4. The van der Waals surface area contributed by atoms with E-state index in [9.17, 15) is 0 Å². The Morgan fingerprint density at radius 2 is 0.555 bits per heavy atom. The van der Waals surface area contributed by atoms with Gasteiger partial charge in [0, 0.05) is 149 Å². The Labute approximate surface area is 738 Å². The molecule has 0 unspecified atom stereocenters. The van der Waals surface area contributed by atoms with E-state index in [-0.39, 0.29) is 0 Å². The second-order valence-electron chi connectivity index (χ2n) is 32.1. The van der Waals surface area contributed by atoms with Crippen molar-refractivity contribution in [1.82, 2.24) is 44.9 Å². The van der Waals surface area contributed by atoms with Gasteiger partial charge in [-0.15, -0.1) is 11.3 Å². The Hall–Kier alpha value is -17.0. The highest BCUT2D eigenvalue weighted by Crippen LogP contribution is 2.46. The third kappa shape index (κ3) is 13.4. The number of nitrogens with zero attached hydrogens (tertiary/aromatic N) is 9. The average molecular weight is 1650 g/mol. The van der Waals surface area contributed by atoms with Gasteiger partial charge in [0.2, 0.25) is 0 Å². The molecule has 0 spiro atoms. The van der Waals surface area contributed by atoms with Gasteiger partial charge in [-0.2, -0.15) is 0 Å². The molecule has 596 valence electrons. The molecular formula is C117H71N9OS. The van der Waals surface area contributed by atoms with E-state index in [1.807, 2.05) is 90.7 Å². The molecule has 128 heavy (non-hydrogen) atoms. The summed E-state index contributed by atoms with van der Waals surface area (Å²) in [4.78, 5) is 45.0. The van der Waals surface area contributed by atoms with Crippen LogP contribution in [0.5, 0.6) is 0 Å². The molecule has 0 saturated carbocycles. The maximum atomic E-state index is 6.32. The molecule has 0 saturated heterocycles. The van der Waals surface area contributed by atoms with Crippen molar-refractivity contribution >= 4 is 152 Å². The first-order valence-electron chi connectivity index (χ1n) is 42.8. The first kappa shape index (κ1) is 74.8. The van der Waals surface area contributed by atoms with E-state index in [0.717, 1.165) is 199 Å². The van der Waals surface area contributed by atoms with Crippen molar-refractivity contribution < 1.29 is 4.42 Å². The summed E-state index contributed by atoms with van der Waals surface area (Å²) in [5.41, 5.74) is 31.3. The monoisotopic (exact) mass is 1650 g/mol. The quantitative estimate of drug-likeness (QED) is 0.0964. The minimum absolute atomic E-state index is 0.859. The lowest BCUT2D eigenvalue weighted by atomic mass is 9.95.